The number of hydrogen-bond acceptors (Lipinski definition) is 5. The van der Waals surface area contributed by atoms with Gasteiger partial charge in [-0.3, -0.25) is 4.79 Å². The number of amides is 1. The van der Waals surface area contributed by atoms with Gasteiger partial charge in [-0.25, -0.2) is 0 Å². The molecule has 2 aromatic rings. The van der Waals surface area contributed by atoms with Gasteiger partial charge < -0.3 is 19.5 Å². The number of nitrogens with one attached hydrogen (secondary N) is 1. The number of para-hydroxylation sites is 1. The molecule has 1 fully saturated rings. The van der Waals surface area contributed by atoms with Crippen molar-refractivity contribution in [2.45, 2.75) is 44.5 Å². The van der Waals surface area contributed by atoms with Crippen molar-refractivity contribution in [1.82, 2.24) is 0 Å². The number of carbonyl (C=O) groups is 1. The number of fused-ring (bicyclic) bond motifs is 1. The average Bonchev–Trinajstić information content (AvgIpc) is 3.27. The summed E-state index contributed by atoms with van der Waals surface area (Å²) in [5, 5.41) is 12.0. The first-order valence-electron chi connectivity index (χ1n) is 9.07. The average molecular weight is 364 g/mol. The van der Waals surface area contributed by atoms with E-state index in [9.17, 15) is 4.79 Å². The highest BCUT2D eigenvalue weighted by atomic mass is 16.7. The molecule has 0 radical (unpaired) electrons. The molecule has 27 heavy (non-hydrogen) atoms. The molecule has 2 aromatic carbocycles. The van der Waals surface area contributed by atoms with Gasteiger partial charge in [0.25, 0.3) is 11.7 Å². The van der Waals surface area contributed by atoms with Gasteiger partial charge in [0, 0.05) is 24.6 Å². The molecule has 1 spiro atoms. The molecule has 1 saturated carbocycles. The lowest BCUT2D eigenvalue weighted by molar-refractivity contribution is -0.122. The van der Waals surface area contributed by atoms with E-state index < -0.39 is 11.9 Å². The van der Waals surface area contributed by atoms with Crippen LogP contribution >= 0.6 is 0 Å². The molecule has 1 N–H and O–H groups in total. The van der Waals surface area contributed by atoms with Crippen LogP contribution in [0.5, 0.6) is 17.2 Å². The first kappa shape index (κ1) is 17.2. The summed E-state index contributed by atoms with van der Waals surface area (Å²) in [7, 11) is 0. The molecule has 0 bridgehead atoms. The van der Waals surface area contributed by atoms with Gasteiger partial charge in [-0.05, 0) is 44.0 Å². The van der Waals surface area contributed by atoms with E-state index in [1.807, 2.05) is 6.07 Å². The van der Waals surface area contributed by atoms with Crippen LogP contribution in [-0.2, 0) is 4.79 Å². The Kier molecular flexibility index (Phi) is 4.36. The molecule has 1 amide bonds. The largest absolute Gasteiger partial charge is 0.480 e. The second-order valence-electron chi connectivity index (χ2n) is 6.84. The molecule has 0 aromatic heterocycles. The molecule has 6 nitrogen and oxygen atoms in total. The molecule has 0 saturated heterocycles. The van der Waals surface area contributed by atoms with Gasteiger partial charge in [-0.1, -0.05) is 12.1 Å². The Balaban J connectivity index is 1.42. The Morgan fingerprint density at radius 3 is 2.70 bits per heavy atom. The quantitative estimate of drug-likeness (QED) is 0.887. The summed E-state index contributed by atoms with van der Waals surface area (Å²) in [6, 6.07) is 14.3. The fourth-order valence-corrected chi connectivity index (χ4v) is 3.44. The minimum atomic E-state index is -0.758. The molecule has 6 heteroatoms. The van der Waals surface area contributed by atoms with Crippen LogP contribution in [0.3, 0.4) is 0 Å². The van der Waals surface area contributed by atoms with Crippen LogP contribution in [0.2, 0.25) is 0 Å². The zero-order chi connectivity index (χ0) is 18.9. The van der Waals surface area contributed by atoms with E-state index in [1.165, 1.54) is 0 Å². The maximum Gasteiger partial charge on any atom is 0.265 e. The lowest BCUT2D eigenvalue weighted by Crippen LogP contribution is -2.34. The number of benzene rings is 2. The Morgan fingerprint density at radius 2 is 1.93 bits per heavy atom. The number of nitrogens with zero attached hydrogens (tertiary/aromatic N) is 1. The first-order valence-corrected chi connectivity index (χ1v) is 9.07. The number of hydrogen-bond donors (Lipinski definition) is 1. The highest BCUT2D eigenvalue weighted by Gasteiger charge is 2.44. The van der Waals surface area contributed by atoms with E-state index in [0.717, 1.165) is 25.7 Å². The highest BCUT2D eigenvalue weighted by molar-refractivity contribution is 5.94. The first-order chi connectivity index (χ1) is 13.1. The van der Waals surface area contributed by atoms with E-state index >= 15 is 0 Å². The highest BCUT2D eigenvalue weighted by Crippen LogP contribution is 2.47. The predicted molar refractivity (Wildman–Crippen MR) is 98.8 cm³/mol. The lowest BCUT2D eigenvalue weighted by atomic mass is 10.2. The van der Waals surface area contributed by atoms with Crippen molar-refractivity contribution in [3.8, 4) is 23.3 Å². The summed E-state index contributed by atoms with van der Waals surface area (Å²) < 4.78 is 17.6. The fraction of sp³-hybridized carbons (Fsp3) is 0.333. The summed E-state index contributed by atoms with van der Waals surface area (Å²) in [4.78, 5) is 12.5. The molecular weight excluding hydrogens is 344 g/mol. The third-order valence-electron chi connectivity index (χ3n) is 4.85. The number of rotatable bonds is 4. The zero-order valence-corrected chi connectivity index (χ0v) is 15.0. The van der Waals surface area contributed by atoms with Gasteiger partial charge in [-0.2, -0.15) is 5.26 Å². The van der Waals surface area contributed by atoms with Crippen molar-refractivity contribution in [3.63, 3.8) is 0 Å². The minimum Gasteiger partial charge on any atom is -0.480 e. The summed E-state index contributed by atoms with van der Waals surface area (Å²) in [5.74, 6) is 0.913. The number of carbonyl (C=O) groups excluding carboxylic acids is 1. The Morgan fingerprint density at radius 1 is 1.19 bits per heavy atom. The summed E-state index contributed by atoms with van der Waals surface area (Å²) >= 11 is 0. The normalized spacial score (nSPS) is 17.3. The molecule has 1 unspecified atom stereocenters. The monoisotopic (exact) mass is 364 g/mol. The maximum atomic E-state index is 12.5. The van der Waals surface area contributed by atoms with Crippen molar-refractivity contribution in [2.24, 2.45) is 0 Å². The van der Waals surface area contributed by atoms with Crippen LogP contribution in [0.25, 0.3) is 0 Å². The van der Waals surface area contributed by atoms with E-state index in [0.29, 0.717) is 28.5 Å². The van der Waals surface area contributed by atoms with Gasteiger partial charge >= 0.3 is 0 Å². The summed E-state index contributed by atoms with van der Waals surface area (Å²) in [5.41, 5.74) is 1.00. The summed E-state index contributed by atoms with van der Waals surface area (Å²) in [6.07, 6.45) is 3.19. The van der Waals surface area contributed by atoms with Gasteiger partial charge in [0.2, 0.25) is 0 Å². The molecule has 1 atom stereocenters. The standard InChI is InChI=1S/C21H20N2O4/c1-14(25-17-7-3-2-6-15(17)13-22)20(24)23-16-8-9-18-19(12-16)27-21(26-18)10-4-5-11-21/h2-3,6-9,12,14H,4-5,10-11H2,1H3,(H,23,24). The lowest BCUT2D eigenvalue weighted by Gasteiger charge is -2.21. The minimum absolute atomic E-state index is 0.308. The SMILES string of the molecule is CC(Oc1ccccc1C#N)C(=O)Nc1ccc2c(c1)OC1(CCCC1)O2. The fourth-order valence-electron chi connectivity index (χ4n) is 3.44. The number of nitriles is 1. The van der Waals surface area contributed by atoms with E-state index in [2.05, 4.69) is 11.4 Å². The molecule has 1 aliphatic carbocycles. The molecule has 1 heterocycles. The number of anilines is 1. The maximum absolute atomic E-state index is 12.5. The topological polar surface area (TPSA) is 80.6 Å². The summed E-state index contributed by atoms with van der Waals surface area (Å²) in [6.45, 7) is 1.64. The predicted octanol–water partition coefficient (Wildman–Crippen LogP) is 4.01. The second-order valence-corrected chi connectivity index (χ2v) is 6.84. The number of ether oxygens (including phenoxy) is 3. The van der Waals surface area contributed by atoms with Gasteiger partial charge in [0.1, 0.15) is 11.8 Å². The Bertz CT molecular complexity index is 913. The van der Waals surface area contributed by atoms with Crippen molar-refractivity contribution in [1.29, 1.82) is 5.26 Å². The molecule has 138 valence electrons. The van der Waals surface area contributed by atoms with Crippen LogP contribution in [0, 0.1) is 11.3 Å². The Hall–Kier alpha value is -3.20. The third kappa shape index (κ3) is 3.41. The second kappa shape index (κ2) is 6.84. The van der Waals surface area contributed by atoms with E-state index in [4.69, 9.17) is 19.5 Å². The molecular formula is C21H20N2O4. The third-order valence-corrected chi connectivity index (χ3v) is 4.85. The van der Waals surface area contributed by atoms with Crippen molar-refractivity contribution in [2.75, 3.05) is 5.32 Å². The Labute approximate surface area is 157 Å². The zero-order valence-electron chi connectivity index (χ0n) is 15.0. The van der Waals surface area contributed by atoms with Gasteiger partial charge in [0.15, 0.2) is 17.6 Å². The van der Waals surface area contributed by atoms with Gasteiger partial charge in [0.05, 0.1) is 5.56 Å². The van der Waals surface area contributed by atoms with E-state index in [-0.39, 0.29) is 5.91 Å². The van der Waals surface area contributed by atoms with Crippen LogP contribution in [-0.4, -0.2) is 17.8 Å². The van der Waals surface area contributed by atoms with Crippen molar-refractivity contribution < 1.29 is 19.0 Å². The van der Waals surface area contributed by atoms with Crippen LogP contribution in [0.4, 0.5) is 5.69 Å². The van der Waals surface area contributed by atoms with Crippen molar-refractivity contribution in [3.05, 3.63) is 48.0 Å². The van der Waals surface area contributed by atoms with Gasteiger partial charge in [-0.15, -0.1) is 0 Å². The van der Waals surface area contributed by atoms with E-state index in [1.54, 1.807) is 43.3 Å². The molecule has 4 rings (SSSR count). The molecule has 1 aliphatic heterocycles. The van der Waals surface area contributed by atoms with Crippen LogP contribution in [0.1, 0.15) is 38.2 Å². The molecule has 2 aliphatic rings. The van der Waals surface area contributed by atoms with Crippen LogP contribution in [0.15, 0.2) is 42.5 Å². The van der Waals surface area contributed by atoms with Crippen molar-refractivity contribution >= 4 is 11.6 Å². The smallest absolute Gasteiger partial charge is 0.265 e. The van der Waals surface area contributed by atoms with Crippen LogP contribution < -0.4 is 19.5 Å².